The molecule has 2 atom stereocenters. The molecule has 0 heterocycles. The van der Waals surface area contributed by atoms with Gasteiger partial charge in [-0.1, -0.05) is 181 Å². The number of rotatable bonds is 32. The van der Waals surface area contributed by atoms with Crippen LogP contribution in [-0.2, 0) is 9.59 Å². The van der Waals surface area contributed by atoms with Gasteiger partial charge in [-0.05, 0) is 12.8 Å². The van der Waals surface area contributed by atoms with Crippen molar-refractivity contribution in [2.45, 2.75) is 204 Å². The van der Waals surface area contributed by atoms with E-state index in [-0.39, 0.29) is 0 Å². The molecule has 4 nitrogen and oxygen atoms in total. The number of hydrogen-bond donors (Lipinski definition) is 2. The third-order valence-corrected chi connectivity index (χ3v) is 9.55. The topological polar surface area (TPSA) is 74.6 Å². The van der Waals surface area contributed by atoms with Crippen LogP contribution in [0.3, 0.4) is 0 Å². The zero-order valence-electron chi connectivity index (χ0n) is 26.1. The highest BCUT2D eigenvalue weighted by molar-refractivity contribution is 8.01. The van der Waals surface area contributed by atoms with Gasteiger partial charge in [0.1, 0.15) is 10.5 Å². The Labute approximate surface area is 247 Å². The van der Waals surface area contributed by atoms with Crippen molar-refractivity contribution in [2.75, 3.05) is 0 Å². The number of hydrogen-bond acceptors (Lipinski definition) is 3. The highest BCUT2D eigenvalue weighted by Crippen LogP contribution is 2.28. The number of aliphatic carboxylic acids is 2. The number of carbonyl (C=O) groups is 2. The van der Waals surface area contributed by atoms with Crippen molar-refractivity contribution in [3.05, 3.63) is 0 Å². The molecule has 0 rings (SSSR count). The Morgan fingerprint density at radius 2 is 0.615 bits per heavy atom. The third kappa shape index (κ3) is 27.2. The van der Waals surface area contributed by atoms with Crippen molar-refractivity contribution >= 4 is 23.7 Å². The Morgan fingerprint density at radius 3 is 0.821 bits per heavy atom. The fraction of sp³-hybridized carbons (Fsp3) is 0.941. The zero-order chi connectivity index (χ0) is 28.8. The van der Waals surface area contributed by atoms with Gasteiger partial charge in [-0.3, -0.25) is 9.59 Å². The van der Waals surface area contributed by atoms with E-state index < -0.39 is 22.4 Å². The molecule has 0 aromatic carbocycles. The van der Waals surface area contributed by atoms with E-state index in [1.54, 1.807) is 0 Å². The van der Waals surface area contributed by atoms with Crippen LogP contribution in [0.5, 0.6) is 0 Å². The van der Waals surface area contributed by atoms with Gasteiger partial charge in [0.2, 0.25) is 0 Å². The molecule has 0 amide bonds. The molecular weight excluding hydrogens is 504 g/mol. The molecule has 0 aliphatic carbocycles. The summed E-state index contributed by atoms with van der Waals surface area (Å²) in [7, 11) is 0. The van der Waals surface area contributed by atoms with Crippen molar-refractivity contribution in [2.24, 2.45) is 0 Å². The summed E-state index contributed by atoms with van der Waals surface area (Å²) in [6.07, 6.45) is 34.1. The van der Waals surface area contributed by atoms with Crippen molar-refractivity contribution < 1.29 is 19.8 Å². The number of unbranched alkanes of at least 4 members (excludes halogenated alkanes) is 24. The summed E-state index contributed by atoms with van der Waals surface area (Å²) in [4.78, 5) is 23.6. The fourth-order valence-corrected chi connectivity index (χ4v) is 6.63. The minimum absolute atomic E-state index is 0.583. The van der Waals surface area contributed by atoms with Crippen molar-refractivity contribution in [3.8, 4) is 0 Å². The lowest BCUT2D eigenvalue weighted by Gasteiger charge is -2.18. The first kappa shape index (κ1) is 38.3. The molecule has 0 saturated heterocycles. The van der Waals surface area contributed by atoms with Gasteiger partial charge in [-0.15, -0.1) is 11.8 Å². The van der Waals surface area contributed by atoms with Crippen molar-refractivity contribution in [1.82, 2.24) is 0 Å². The first-order chi connectivity index (χ1) is 19.0. The lowest BCUT2D eigenvalue weighted by Crippen LogP contribution is -2.25. The maximum atomic E-state index is 11.8. The van der Waals surface area contributed by atoms with E-state index in [9.17, 15) is 19.8 Å². The lowest BCUT2D eigenvalue weighted by molar-refractivity contribution is -0.136. The average molecular weight is 571 g/mol. The first-order valence-corrected chi connectivity index (χ1v) is 18.1. The molecule has 5 heteroatoms. The predicted molar refractivity (Wildman–Crippen MR) is 171 cm³/mol. The van der Waals surface area contributed by atoms with E-state index >= 15 is 0 Å². The Bertz CT molecular complexity index is 493. The Kier molecular flexibility index (Phi) is 29.7. The fourth-order valence-electron chi connectivity index (χ4n) is 5.39. The lowest BCUT2D eigenvalue weighted by atomic mass is 10.0. The molecule has 39 heavy (non-hydrogen) atoms. The minimum Gasteiger partial charge on any atom is -0.480 e. The molecule has 232 valence electrons. The Balaban J connectivity index is 3.82. The molecule has 0 aromatic rings. The van der Waals surface area contributed by atoms with Crippen molar-refractivity contribution in [3.63, 3.8) is 0 Å². The average Bonchev–Trinajstić information content (AvgIpc) is 2.91. The van der Waals surface area contributed by atoms with Crippen LogP contribution in [0.15, 0.2) is 0 Å². The molecule has 2 unspecified atom stereocenters. The summed E-state index contributed by atoms with van der Waals surface area (Å²) in [5, 5.41) is 18.1. The standard InChI is InChI=1S/C34H66O4S/c1-3-5-7-9-11-13-15-17-19-21-23-25-27-29-31(33(35)36)39-32(34(37)38)30-28-26-24-22-20-18-16-14-12-10-8-6-4-2/h31-32H,3-30H2,1-2H3,(H,35,36)(H,37,38). The summed E-state index contributed by atoms with van der Waals surface area (Å²) in [5.74, 6) is -1.70. The van der Waals surface area contributed by atoms with Crippen LogP contribution in [0.2, 0.25) is 0 Å². The van der Waals surface area contributed by atoms with E-state index in [0.717, 1.165) is 38.5 Å². The van der Waals surface area contributed by atoms with Gasteiger partial charge in [-0.25, -0.2) is 0 Å². The number of carboxylic acids is 2. The van der Waals surface area contributed by atoms with Gasteiger partial charge in [0.05, 0.1) is 0 Å². The molecule has 0 aromatic heterocycles. The van der Waals surface area contributed by atoms with Gasteiger partial charge < -0.3 is 10.2 Å². The van der Waals surface area contributed by atoms with E-state index in [0.29, 0.717) is 12.8 Å². The summed E-state index contributed by atoms with van der Waals surface area (Å²) < 4.78 is 0. The molecule has 0 saturated carbocycles. The molecular formula is C34H66O4S. The van der Waals surface area contributed by atoms with Crippen molar-refractivity contribution in [1.29, 1.82) is 0 Å². The van der Waals surface area contributed by atoms with Crippen LogP contribution in [0.4, 0.5) is 0 Å². The van der Waals surface area contributed by atoms with E-state index in [2.05, 4.69) is 13.8 Å². The largest absolute Gasteiger partial charge is 0.480 e. The normalized spacial score (nSPS) is 13.0. The molecule has 0 bridgehead atoms. The van der Waals surface area contributed by atoms with E-state index in [1.165, 1.54) is 140 Å². The molecule has 2 N–H and O–H groups in total. The molecule has 0 aliphatic heterocycles. The predicted octanol–water partition coefficient (Wildman–Crippen LogP) is 11.6. The van der Waals surface area contributed by atoms with E-state index in [4.69, 9.17) is 0 Å². The smallest absolute Gasteiger partial charge is 0.316 e. The van der Waals surface area contributed by atoms with Crippen LogP contribution in [0.25, 0.3) is 0 Å². The second kappa shape index (κ2) is 30.3. The molecule has 0 radical (unpaired) electrons. The highest BCUT2D eigenvalue weighted by atomic mass is 32.2. The van der Waals surface area contributed by atoms with Crippen LogP contribution in [-0.4, -0.2) is 32.7 Å². The first-order valence-electron chi connectivity index (χ1n) is 17.1. The Morgan fingerprint density at radius 1 is 0.410 bits per heavy atom. The van der Waals surface area contributed by atoms with Gasteiger partial charge in [0, 0.05) is 0 Å². The third-order valence-electron chi connectivity index (χ3n) is 8.02. The van der Waals surface area contributed by atoms with Gasteiger partial charge in [-0.2, -0.15) is 0 Å². The molecule has 0 spiro atoms. The zero-order valence-corrected chi connectivity index (χ0v) is 26.9. The van der Waals surface area contributed by atoms with Crippen LogP contribution in [0.1, 0.15) is 194 Å². The second-order valence-electron chi connectivity index (χ2n) is 11.9. The molecule has 0 fully saturated rings. The number of thioether (sulfide) groups is 1. The summed E-state index contributed by atoms with van der Waals surface area (Å²) in [6, 6.07) is 0. The van der Waals surface area contributed by atoms with Gasteiger partial charge in [0.15, 0.2) is 0 Å². The summed E-state index contributed by atoms with van der Waals surface area (Å²) in [6.45, 7) is 4.52. The van der Waals surface area contributed by atoms with E-state index in [1.807, 2.05) is 0 Å². The van der Waals surface area contributed by atoms with Crippen LogP contribution >= 0.6 is 11.8 Å². The maximum absolute atomic E-state index is 11.8. The second-order valence-corrected chi connectivity index (χ2v) is 13.3. The van der Waals surface area contributed by atoms with Crippen LogP contribution in [0, 0.1) is 0 Å². The quantitative estimate of drug-likeness (QED) is 0.0787. The highest BCUT2D eigenvalue weighted by Gasteiger charge is 2.27. The Hall–Kier alpha value is -0.710. The summed E-state index contributed by atoms with van der Waals surface area (Å²) >= 11 is 1.18. The van der Waals surface area contributed by atoms with Gasteiger partial charge >= 0.3 is 11.9 Å². The van der Waals surface area contributed by atoms with Gasteiger partial charge in [0.25, 0.3) is 0 Å². The SMILES string of the molecule is CCCCCCCCCCCCCCCC(SC(CCCCCCCCCCCCCCC)C(=O)O)C(=O)O. The monoisotopic (exact) mass is 570 g/mol. The number of carboxylic acid groups (broad SMARTS) is 2. The maximum Gasteiger partial charge on any atom is 0.316 e. The minimum atomic E-state index is -0.851. The van der Waals surface area contributed by atoms with Crippen LogP contribution < -0.4 is 0 Å². The molecule has 0 aliphatic rings. The summed E-state index contributed by atoms with van der Waals surface area (Å²) in [5.41, 5.74) is 0.